The highest BCUT2D eigenvalue weighted by molar-refractivity contribution is 7.89. The van der Waals surface area contributed by atoms with E-state index >= 15 is 0 Å². The standard InChI is InChI=1S/C22H22N2O3S/c25-28(26,22-8-5-16-3-1-2-4-17(16)13-22)24-18-6-7-19(24)15-21(14-18)27-20-9-11-23-12-10-20/h1-5,8-13,18-19,21H,6-7,14-15H2. The lowest BCUT2D eigenvalue weighted by molar-refractivity contribution is 0.0956. The Bertz CT molecular complexity index is 1090. The van der Waals surface area contributed by atoms with Gasteiger partial charge in [-0.15, -0.1) is 0 Å². The molecule has 0 amide bonds. The summed E-state index contributed by atoms with van der Waals surface area (Å²) in [5.41, 5.74) is 0. The molecule has 2 unspecified atom stereocenters. The van der Waals surface area contributed by atoms with Gasteiger partial charge in [0.05, 0.1) is 4.90 Å². The zero-order chi connectivity index (χ0) is 19.1. The summed E-state index contributed by atoms with van der Waals surface area (Å²) < 4.78 is 34.7. The van der Waals surface area contributed by atoms with Crippen molar-refractivity contribution in [2.75, 3.05) is 0 Å². The molecule has 3 aromatic rings. The highest BCUT2D eigenvalue weighted by Crippen LogP contribution is 2.41. The second-order valence-corrected chi connectivity index (χ2v) is 9.47. The van der Waals surface area contributed by atoms with Crippen LogP contribution in [0.25, 0.3) is 10.8 Å². The van der Waals surface area contributed by atoms with Crippen molar-refractivity contribution in [2.45, 2.75) is 48.8 Å². The molecule has 6 heteroatoms. The van der Waals surface area contributed by atoms with Crippen LogP contribution in [-0.4, -0.2) is 35.9 Å². The van der Waals surface area contributed by atoms with E-state index in [1.54, 1.807) is 28.8 Å². The van der Waals surface area contributed by atoms with Crippen LogP contribution in [0.5, 0.6) is 5.75 Å². The number of pyridine rings is 1. The number of benzene rings is 2. The Balaban J connectivity index is 1.40. The van der Waals surface area contributed by atoms with E-state index in [9.17, 15) is 8.42 Å². The summed E-state index contributed by atoms with van der Waals surface area (Å²) in [4.78, 5) is 4.40. The van der Waals surface area contributed by atoms with E-state index in [0.717, 1.165) is 42.2 Å². The number of hydrogen-bond acceptors (Lipinski definition) is 4. The van der Waals surface area contributed by atoms with Gasteiger partial charge < -0.3 is 4.74 Å². The Morgan fingerprint density at radius 1 is 0.893 bits per heavy atom. The summed E-state index contributed by atoms with van der Waals surface area (Å²) in [6.07, 6.45) is 6.72. The molecule has 5 nitrogen and oxygen atoms in total. The molecule has 0 saturated carbocycles. The van der Waals surface area contributed by atoms with Crippen molar-refractivity contribution < 1.29 is 13.2 Å². The van der Waals surface area contributed by atoms with Crippen molar-refractivity contribution >= 4 is 20.8 Å². The fourth-order valence-electron chi connectivity index (χ4n) is 4.63. The third kappa shape index (κ3) is 3.06. The second-order valence-electron chi connectivity index (χ2n) is 7.62. The fraction of sp³-hybridized carbons (Fsp3) is 0.318. The predicted molar refractivity (Wildman–Crippen MR) is 108 cm³/mol. The van der Waals surface area contributed by atoms with E-state index in [4.69, 9.17) is 4.74 Å². The van der Waals surface area contributed by atoms with Gasteiger partial charge in [0.15, 0.2) is 0 Å². The van der Waals surface area contributed by atoms with Crippen LogP contribution < -0.4 is 4.74 Å². The van der Waals surface area contributed by atoms with Gasteiger partial charge in [-0.05, 0) is 47.9 Å². The van der Waals surface area contributed by atoms with E-state index in [0.29, 0.717) is 4.90 Å². The second kappa shape index (κ2) is 6.87. The van der Waals surface area contributed by atoms with Gasteiger partial charge in [-0.2, -0.15) is 4.31 Å². The van der Waals surface area contributed by atoms with E-state index in [1.165, 1.54) is 0 Å². The van der Waals surface area contributed by atoms with Crippen molar-refractivity contribution in [1.29, 1.82) is 0 Å². The van der Waals surface area contributed by atoms with Crippen molar-refractivity contribution in [3.05, 3.63) is 67.0 Å². The summed E-state index contributed by atoms with van der Waals surface area (Å²) >= 11 is 0. The lowest BCUT2D eigenvalue weighted by Crippen LogP contribution is -2.49. The molecular weight excluding hydrogens is 372 g/mol. The first-order chi connectivity index (χ1) is 13.6. The average Bonchev–Trinajstić information content (AvgIpc) is 3.00. The van der Waals surface area contributed by atoms with Gasteiger partial charge in [0.25, 0.3) is 0 Å². The van der Waals surface area contributed by atoms with Crippen molar-refractivity contribution in [1.82, 2.24) is 9.29 Å². The summed E-state index contributed by atoms with van der Waals surface area (Å²) in [5, 5.41) is 2.00. The maximum Gasteiger partial charge on any atom is 0.243 e. The minimum Gasteiger partial charge on any atom is -0.490 e. The van der Waals surface area contributed by atoms with Crippen molar-refractivity contribution in [3.8, 4) is 5.75 Å². The van der Waals surface area contributed by atoms with Crippen LogP contribution in [0.1, 0.15) is 25.7 Å². The largest absolute Gasteiger partial charge is 0.490 e. The molecule has 2 aliphatic rings. The van der Waals surface area contributed by atoms with E-state index in [2.05, 4.69) is 4.98 Å². The molecule has 2 aliphatic heterocycles. The first-order valence-electron chi connectivity index (χ1n) is 9.70. The number of ether oxygens (including phenoxy) is 1. The van der Waals surface area contributed by atoms with E-state index < -0.39 is 10.0 Å². The molecule has 0 spiro atoms. The van der Waals surface area contributed by atoms with Crippen LogP contribution in [0, 0.1) is 0 Å². The van der Waals surface area contributed by atoms with Crippen LogP contribution >= 0.6 is 0 Å². The SMILES string of the molecule is O=S(=O)(c1ccc2ccccc2c1)N1C2CCC1CC(Oc1ccncc1)C2. The zero-order valence-corrected chi connectivity index (χ0v) is 16.3. The molecule has 0 N–H and O–H groups in total. The Hall–Kier alpha value is -2.44. The lowest BCUT2D eigenvalue weighted by Gasteiger charge is -2.37. The van der Waals surface area contributed by atoms with Gasteiger partial charge in [-0.3, -0.25) is 4.98 Å². The minimum absolute atomic E-state index is 0.00191. The Kier molecular flexibility index (Phi) is 4.33. The number of rotatable bonds is 4. The minimum atomic E-state index is -3.52. The maximum absolute atomic E-state index is 13.4. The lowest BCUT2D eigenvalue weighted by atomic mass is 10.0. The molecule has 2 bridgehead atoms. The molecule has 2 atom stereocenters. The van der Waals surface area contributed by atoms with Crippen molar-refractivity contribution in [2.24, 2.45) is 0 Å². The summed E-state index contributed by atoms with van der Waals surface area (Å²) in [7, 11) is -3.52. The van der Waals surface area contributed by atoms with Crippen LogP contribution in [-0.2, 0) is 10.0 Å². The van der Waals surface area contributed by atoms with E-state index in [-0.39, 0.29) is 18.2 Å². The Morgan fingerprint density at radius 3 is 2.29 bits per heavy atom. The first-order valence-corrected chi connectivity index (χ1v) is 11.1. The monoisotopic (exact) mass is 394 g/mol. The summed E-state index contributed by atoms with van der Waals surface area (Å²) in [6.45, 7) is 0. The highest BCUT2D eigenvalue weighted by Gasteiger charge is 2.47. The van der Waals surface area contributed by atoms with Gasteiger partial charge in [-0.25, -0.2) is 8.42 Å². The quantitative estimate of drug-likeness (QED) is 0.671. The third-order valence-electron chi connectivity index (χ3n) is 5.87. The van der Waals surface area contributed by atoms with Crippen LogP contribution in [0.2, 0.25) is 0 Å². The summed E-state index contributed by atoms with van der Waals surface area (Å²) in [6, 6.07) is 17.0. The smallest absolute Gasteiger partial charge is 0.243 e. The van der Waals surface area contributed by atoms with Gasteiger partial charge >= 0.3 is 0 Å². The highest BCUT2D eigenvalue weighted by atomic mass is 32.2. The van der Waals surface area contributed by atoms with Crippen molar-refractivity contribution in [3.63, 3.8) is 0 Å². The molecule has 2 aromatic carbocycles. The average molecular weight is 394 g/mol. The van der Waals surface area contributed by atoms with Gasteiger partial charge in [-0.1, -0.05) is 30.3 Å². The molecule has 5 rings (SSSR count). The first kappa shape index (κ1) is 17.6. The topological polar surface area (TPSA) is 59.5 Å². The molecular formula is C22H22N2O3S. The van der Waals surface area contributed by atoms with Gasteiger partial charge in [0, 0.05) is 37.3 Å². The number of nitrogens with zero attached hydrogens (tertiary/aromatic N) is 2. The molecule has 1 aromatic heterocycles. The molecule has 3 heterocycles. The normalized spacial score (nSPS) is 25.1. The van der Waals surface area contributed by atoms with Crippen LogP contribution in [0.3, 0.4) is 0 Å². The molecule has 2 fully saturated rings. The fourth-order valence-corrected chi connectivity index (χ4v) is 6.56. The predicted octanol–water partition coefficient (Wildman–Crippen LogP) is 4.00. The Labute approximate surface area is 165 Å². The number of sulfonamides is 1. The molecule has 0 radical (unpaired) electrons. The number of aromatic nitrogens is 1. The number of piperidine rings is 1. The number of fused-ring (bicyclic) bond motifs is 3. The maximum atomic E-state index is 13.4. The molecule has 28 heavy (non-hydrogen) atoms. The number of hydrogen-bond donors (Lipinski definition) is 0. The third-order valence-corrected chi connectivity index (χ3v) is 7.87. The van der Waals surface area contributed by atoms with Crippen LogP contribution in [0.4, 0.5) is 0 Å². The van der Waals surface area contributed by atoms with Gasteiger partial charge in [0.2, 0.25) is 10.0 Å². The summed E-state index contributed by atoms with van der Waals surface area (Å²) in [5.74, 6) is 0.797. The Morgan fingerprint density at radius 2 is 1.57 bits per heavy atom. The van der Waals surface area contributed by atoms with Crippen LogP contribution in [0.15, 0.2) is 71.9 Å². The molecule has 0 aliphatic carbocycles. The zero-order valence-electron chi connectivity index (χ0n) is 15.4. The molecule has 2 saturated heterocycles. The van der Waals surface area contributed by atoms with E-state index in [1.807, 2.05) is 42.5 Å². The molecule has 144 valence electrons. The van der Waals surface area contributed by atoms with Gasteiger partial charge in [0.1, 0.15) is 11.9 Å².